The fourth-order valence-corrected chi connectivity index (χ4v) is 3.55. The molecule has 2 atom stereocenters. The van der Waals surface area contributed by atoms with E-state index in [1.165, 1.54) is 0 Å². The van der Waals surface area contributed by atoms with Gasteiger partial charge in [0.1, 0.15) is 11.6 Å². The van der Waals surface area contributed by atoms with E-state index in [4.69, 9.17) is 9.63 Å². The number of rotatable bonds is 10. The molecule has 30 heavy (non-hydrogen) atoms. The van der Waals surface area contributed by atoms with Crippen LogP contribution < -0.4 is 10.6 Å². The molecular weight excluding hydrogens is 396 g/mol. The molecule has 1 aliphatic rings. The number of nitrogens with one attached hydrogen (secondary N) is 2. The lowest BCUT2D eigenvalue weighted by molar-refractivity contribution is 0.112. The third-order valence-corrected chi connectivity index (χ3v) is 5.20. The second-order valence-electron chi connectivity index (χ2n) is 8.35. The van der Waals surface area contributed by atoms with E-state index >= 15 is 0 Å². The van der Waals surface area contributed by atoms with E-state index in [9.17, 15) is 18.7 Å². The molecule has 0 radical (unpaired) electrons. The molecule has 2 aromatic rings. The molecule has 7 nitrogen and oxygen atoms in total. The summed E-state index contributed by atoms with van der Waals surface area (Å²) in [6, 6.07) is 3.94. The fourth-order valence-electron chi connectivity index (χ4n) is 3.55. The predicted octanol–water partition coefficient (Wildman–Crippen LogP) is 2.97. The number of benzene rings is 1. The number of hydrogen-bond donors (Lipinski definition) is 4. The average Bonchev–Trinajstić information content (AvgIpc) is 3.28. The number of carbonyl (C=O) groups is 1. The van der Waals surface area contributed by atoms with Crippen molar-refractivity contribution < 1.29 is 28.3 Å². The van der Waals surface area contributed by atoms with Crippen molar-refractivity contribution in [1.29, 1.82) is 0 Å². The maximum atomic E-state index is 13.5. The molecule has 0 saturated heterocycles. The molecule has 1 saturated carbocycles. The Kier molecular flexibility index (Phi) is 6.72. The first-order valence-electron chi connectivity index (χ1n) is 10.0. The summed E-state index contributed by atoms with van der Waals surface area (Å²) >= 11 is 0. The minimum Gasteiger partial charge on any atom is -0.465 e. The van der Waals surface area contributed by atoms with Crippen LogP contribution in [0.4, 0.5) is 13.6 Å². The van der Waals surface area contributed by atoms with E-state index in [0.717, 1.165) is 43.2 Å². The van der Waals surface area contributed by atoms with E-state index in [1.54, 1.807) is 0 Å². The highest BCUT2D eigenvalue weighted by atomic mass is 19.1. The van der Waals surface area contributed by atoms with Crippen molar-refractivity contribution in [2.45, 2.75) is 57.2 Å². The van der Waals surface area contributed by atoms with Gasteiger partial charge in [0.25, 0.3) is 0 Å². The Hall–Kier alpha value is -2.52. The first-order chi connectivity index (χ1) is 14.2. The number of aliphatic hydroxyl groups excluding tert-OH is 1. The molecule has 3 rings (SSSR count). The number of amides is 1. The zero-order valence-electron chi connectivity index (χ0n) is 17.0. The predicted molar refractivity (Wildman–Crippen MR) is 105 cm³/mol. The summed E-state index contributed by atoms with van der Waals surface area (Å²) in [4.78, 5) is 11.1. The minimum absolute atomic E-state index is 0.0579. The molecule has 1 aliphatic carbocycles. The van der Waals surface area contributed by atoms with Crippen molar-refractivity contribution in [1.82, 2.24) is 15.8 Å². The van der Waals surface area contributed by atoms with Gasteiger partial charge in [-0.15, -0.1) is 0 Å². The van der Waals surface area contributed by atoms with Gasteiger partial charge in [0, 0.05) is 18.7 Å². The monoisotopic (exact) mass is 423 g/mol. The molecule has 0 bridgehead atoms. The van der Waals surface area contributed by atoms with Crippen LogP contribution >= 0.6 is 0 Å². The van der Waals surface area contributed by atoms with Crippen LogP contribution in [0.5, 0.6) is 0 Å². The fraction of sp³-hybridized carbons (Fsp3) is 0.524. The van der Waals surface area contributed by atoms with Crippen LogP contribution in [0.15, 0.2) is 28.8 Å². The molecule has 1 aromatic heterocycles. The van der Waals surface area contributed by atoms with Gasteiger partial charge in [-0.25, -0.2) is 13.6 Å². The van der Waals surface area contributed by atoms with Crippen molar-refractivity contribution in [3.05, 3.63) is 52.9 Å². The largest absolute Gasteiger partial charge is 0.465 e. The number of aliphatic hydroxyl groups is 1. The van der Waals surface area contributed by atoms with Crippen molar-refractivity contribution in [2.24, 2.45) is 5.92 Å². The van der Waals surface area contributed by atoms with Gasteiger partial charge >= 0.3 is 6.09 Å². The lowest BCUT2D eigenvalue weighted by atomic mass is 10.0. The molecule has 4 N–H and O–H groups in total. The van der Waals surface area contributed by atoms with Gasteiger partial charge < -0.3 is 25.4 Å². The minimum atomic E-state index is -1.33. The Balaban J connectivity index is 1.64. The van der Waals surface area contributed by atoms with E-state index in [2.05, 4.69) is 29.6 Å². The molecule has 164 valence electrons. The number of carboxylic acid groups (broad SMARTS) is 1. The molecular formula is C21H27F2N3O4. The van der Waals surface area contributed by atoms with Crippen LogP contribution in [0.2, 0.25) is 0 Å². The second kappa shape index (κ2) is 9.09. The molecule has 0 spiro atoms. The third-order valence-electron chi connectivity index (χ3n) is 5.20. The number of nitrogens with zero attached hydrogens (tertiary/aromatic N) is 1. The quantitative estimate of drug-likeness (QED) is 0.468. The molecule has 0 aliphatic heterocycles. The van der Waals surface area contributed by atoms with Gasteiger partial charge in [0.2, 0.25) is 0 Å². The van der Waals surface area contributed by atoms with Crippen LogP contribution in [0.3, 0.4) is 0 Å². The molecule has 0 unspecified atom stereocenters. The maximum absolute atomic E-state index is 13.5. The molecule has 1 amide bonds. The van der Waals surface area contributed by atoms with Gasteiger partial charge in [0.05, 0.1) is 23.4 Å². The van der Waals surface area contributed by atoms with Crippen molar-refractivity contribution in [3.8, 4) is 0 Å². The summed E-state index contributed by atoms with van der Waals surface area (Å²) in [6.07, 6.45) is -0.0903. The lowest BCUT2D eigenvalue weighted by Gasteiger charge is -2.25. The normalized spacial score (nSPS) is 17.0. The van der Waals surface area contributed by atoms with Crippen molar-refractivity contribution in [3.63, 3.8) is 0 Å². The Morgan fingerprint density at radius 2 is 1.87 bits per heavy atom. The zero-order valence-corrected chi connectivity index (χ0v) is 17.0. The first kappa shape index (κ1) is 22.2. The highest BCUT2D eigenvalue weighted by molar-refractivity contribution is 5.65. The smallest absolute Gasteiger partial charge is 0.404 e. The topological polar surface area (TPSA) is 108 Å². The van der Waals surface area contributed by atoms with Crippen LogP contribution in [0.1, 0.15) is 43.7 Å². The van der Waals surface area contributed by atoms with E-state index in [-0.39, 0.29) is 18.5 Å². The van der Waals surface area contributed by atoms with E-state index in [0.29, 0.717) is 11.7 Å². The average molecular weight is 423 g/mol. The third kappa shape index (κ3) is 5.76. The maximum Gasteiger partial charge on any atom is 0.404 e. The summed E-state index contributed by atoms with van der Waals surface area (Å²) in [5.74, 6) is -0.374. The lowest BCUT2D eigenvalue weighted by Crippen LogP contribution is -2.49. The second-order valence-corrected chi connectivity index (χ2v) is 8.35. The number of halogens is 2. The first-order valence-corrected chi connectivity index (χ1v) is 10.0. The summed E-state index contributed by atoms with van der Waals surface area (Å²) < 4.78 is 32.4. The van der Waals surface area contributed by atoms with Crippen LogP contribution in [-0.2, 0) is 18.4 Å². The van der Waals surface area contributed by atoms with Gasteiger partial charge in [0.15, 0.2) is 5.76 Å². The van der Waals surface area contributed by atoms with E-state index in [1.807, 2.05) is 6.07 Å². The zero-order chi connectivity index (χ0) is 21.9. The van der Waals surface area contributed by atoms with E-state index < -0.39 is 35.4 Å². The highest BCUT2D eigenvalue weighted by Gasteiger charge is 2.48. The Bertz CT molecular complexity index is 863. The van der Waals surface area contributed by atoms with Crippen molar-refractivity contribution >= 4 is 6.09 Å². The van der Waals surface area contributed by atoms with Gasteiger partial charge in [-0.05, 0) is 49.3 Å². The molecule has 9 heteroatoms. The Morgan fingerprint density at radius 1 is 1.20 bits per heavy atom. The van der Waals surface area contributed by atoms with Crippen LogP contribution in [-0.4, -0.2) is 40.2 Å². The molecule has 1 heterocycles. The van der Waals surface area contributed by atoms with Crippen molar-refractivity contribution in [2.75, 3.05) is 6.54 Å². The van der Waals surface area contributed by atoms with Gasteiger partial charge in [-0.1, -0.05) is 19.0 Å². The summed E-state index contributed by atoms with van der Waals surface area (Å²) in [6.45, 7) is 4.26. The number of aromatic nitrogens is 1. The van der Waals surface area contributed by atoms with Gasteiger partial charge in [-0.3, -0.25) is 0 Å². The Morgan fingerprint density at radius 3 is 2.43 bits per heavy atom. The SMILES string of the molecule is CC(C)Cc1cc(C2(NC[C@@H](O)[C@H](Cc3cc(F)cc(F)c3)NC(=O)O)CC2)on1. The Labute approximate surface area is 173 Å². The summed E-state index contributed by atoms with van der Waals surface area (Å²) in [7, 11) is 0. The standard InChI is InChI=1S/C21H27F2N3O4/c1-12(2)5-16-10-19(30-26-16)21(3-4-21)24-11-18(27)17(25-20(28)29)8-13-6-14(22)9-15(23)7-13/h6-7,9-10,12,17-18,24-25,27H,3-5,8,11H2,1-2H3,(H,28,29)/t17-,18+/m0/s1. The summed E-state index contributed by atoms with van der Waals surface area (Å²) in [5.41, 5.74) is 0.689. The highest BCUT2D eigenvalue weighted by Crippen LogP contribution is 2.45. The molecule has 1 fully saturated rings. The number of hydrogen-bond acceptors (Lipinski definition) is 5. The summed E-state index contributed by atoms with van der Waals surface area (Å²) in [5, 5.41) is 29.3. The van der Waals surface area contributed by atoms with Crippen LogP contribution in [0, 0.1) is 17.6 Å². The van der Waals surface area contributed by atoms with Crippen LogP contribution in [0.25, 0.3) is 0 Å². The van der Waals surface area contributed by atoms with Gasteiger partial charge in [-0.2, -0.15) is 0 Å². The molecule has 1 aromatic carbocycles.